The van der Waals surface area contributed by atoms with E-state index in [1.807, 2.05) is 24.3 Å². The van der Waals surface area contributed by atoms with Crippen molar-refractivity contribution in [2.75, 3.05) is 10.7 Å². The van der Waals surface area contributed by atoms with Gasteiger partial charge in [0.15, 0.2) is 10.9 Å². The molecule has 0 aliphatic heterocycles. The Bertz CT molecular complexity index is 786. The van der Waals surface area contributed by atoms with Gasteiger partial charge in [0.05, 0.1) is 15.8 Å². The minimum Gasteiger partial charge on any atom is -0.308 e. The van der Waals surface area contributed by atoms with Gasteiger partial charge in [-0.25, -0.2) is 15.8 Å². The third-order valence-electron chi connectivity index (χ3n) is 2.75. The predicted octanol–water partition coefficient (Wildman–Crippen LogP) is 2.99. The fraction of sp³-hybridized carbons (Fsp3) is 0. The van der Waals surface area contributed by atoms with Crippen molar-refractivity contribution in [3.05, 3.63) is 46.6 Å². The monoisotopic (exact) mass is 363 g/mol. The van der Waals surface area contributed by atoms with E-state index >= 15 is 0 Å². The summed E-state index contributed by atoms with van der Waals surface area (Å²) in [6.07, 6.45) is 1.56. The highest BCUT2D eigenvalue weighted by atomic mass is 79.9. The summed E-state index contributed by atoms with van der Waals surface area (Å²) in [6, 6.07) is 9.33. The zero-order valence-corrected chi connectivity index (χ0v) is 13.0. The van der Waals surface area contributed by atoms with Gasteiger partial charge >= 0.3 is 0 Å². The first-order valence-corrected chi connectivity index (χ1v) is 7.57. The van der Waals surface area contributed by atoms with Gasteiger partial charge in [0, 0.05) is 10.7 Å². The second kappa shape index (κ2) is 5.76. The molecule has 0 saturated heterocycles. The van der Waals surface area contributed by atoms with Crippen molar-refractivity contribution in [3.8, 4) is 0 Å². The lowest BCUT2D eigenvalue weighted by atomic mass is 10.2. The molecule has 1 aromatic carbocycles. The first-order chi connectivity index (χ1) is 10.2. The second-order valence-electron chi connectivity index (χ2n) is 4.13. The maximum absolute atomic E-state index is 12.3. The van der Waals surface area contributed by atoms with Crippen molar-refractivity contribution in [1.82, 2.24) is 9.97 Å². The van der Waals surface area contributed by atoms with E-state index in [-0.39, 0.29) is 5.91 Å². The van der Waals surface area contributed by atoms with Gasteiger partial charge in [0.25, 0.3) is 5.91 Å². The number of anilines is 2. The number of carbonyl (C=O) groups excluding carboxylic acids is 1. The predicted molar refractivity (Wildman–Crippen MR) is 87.3 cm³/mol. The number of aromatic nitrogens is 2. The van der Waals surface area contributed by atoms with E-state index in [2.05, 4.69) is 36.6 Å². The van der Waals surface area contributed by atoms with Crippen molar-refractivity contribution < 1.29 is 4.79 Å². The SMILES string of the molecule is NNc1ncc(Br)cc1C(=O)Nc1nc2ccccc2s1. The Kier molecular flexibility index (Phi) is 3.82. The van der Waals surface area contributed by atoms with E-state index in [0.717, 1.165) is 10.2 Å². The Hall–Kier alpha value is -2.03. The van der Waals surface area contributed by atoms with Gasteiger partial charge in [-0.05, 0) is 34.1 Å². The van der Waals surface area contributed by atoms with Gasteiger partial charge in [-0.15, -0.1) is 0 Å². The molecule has 4 N–H and O–H groups in total. The Morgan fingerprint density at radius 1 is 1.33 bits per heavy atom. The standard InChI is InChI=1S/C13H10BrN5OS/c14-7-5-8(11(19-15)16-6-7)12(20)18-13-17-9-3-1-2-4-10(9)21-13/h1-6H,15H2,(H,16,19)(H,17,18,20). The number of fused-ring (bicyclic) bond motifs is 1. The molecule has 2 aromatic heterocycles. The van der Waals surface area contributed by atoms with Crippen molar-refractivity contribution in [3.63, 3.8) is 0 Å². The molecule has 0 fully saturated rings. The summed E-state index contributed by atoms with van der Waals surface area (Å²) in [5.74, 6) is 5.35. The lowest BCUT2D eigenvalue weighted by Gasteiger charge is -2.07. The molecule has 3 aromatic rings. The Morgan fingerprint density at radius 2 is 2.14 bits per heavy atom. The Balaban J connectivity index is 1.90. The van der Waals surface area contributed by atoms with Crippen LogP contribution in [0.4, 0.5) is 10.9 Å². The first-order valence-electron chi connectivity index (χ1n) is 5.96. The van der Waals surface area contributed by atoms with Crippen LogP contribution in [0.5, 0.6) is 0 Å². The number of nitrogens with one attached hydrogen (secondary N) is 2. The summed E-state index contributed by atoms with van der Waals surface area (Å²) in [6.45, 7) is 0. The van der Waals surface area contributed by atoms with Gasteiger partial charge in [-0.3, -0.25) is 10.1 Å². The average Bonchev–Trinajstić information content (AvgIpc) is 2.89. The van der Waals surface area contributed by atoms with Crippen LogP contribution in [0.2, 0.25) is 0 Å². The summed E-state index contributed by atoms with van der Waals surface area (Å²) in [7, 11) is 0. The summed E-state index contributed by atoms with van der Waals surface area (Å²) >= 11 is 4.69. The largest absolute Gasteiger partial charge is 0.308 e. The van der Waals surface area contributed by atoms with Gasteiger partial charge in [0.1, 0.15) is 0 Å². The number of hydrazine groups is 1. The highest BCUT2D eigenvalue weighted by Crippen LogP contribution is 2.26. The molecule has 0 bridgehead atoms. The Morgan fingerprint density at radius 3 is 2.90 bits per heavy atom. The third-order valence-corrected chi connectivity index (χ3v) is 4.14. The number of hydrogen-bond donors (Lipinski definition) is 3. The van der Waals surface area contributed by atoms with Gasteiger partial charge in [-0.2, -0.15) is 0 Å². The van der Waals surface area contributed by atoms with Crippen LogP contribution in [0.1, 0.15) is 10.4 Å². The molecular formula is C13H10BrN5OS. The number of rotatable bonds is 3. The molecule has 6 nitrogen and oxygen atoms in total. The van der Waals surface area contributed by atoms with E-state index in [0.29, 0.717) is 21.0 Å². The highest BCUT2D eigenvalue weighted by molar-refractivity contribution is 9.10. The van der Waals surface area contributed by atoms with E-state index in [4.69, 9.17) is 5.84 Å². The fourth-order valence-corrected chi connectivity index (χ4v) is 3.01. The average molecular weight is 364 g/mol. The van der Waals surface area contributed by atoms with Crippen LogP contribution >= 0.6 is 27.3 Å². The minimum absolute atomic E-state index is 0.303. The van der Waals surface area contributed by atoms with Crippen LogP contribution in [0, 0.1) is 0 Å². The van der Waals surface area contributed by atoms with Gasteiger partial charge in [-0.1, -0.05) is 23.5 Å². The van der Waals surface area contributed by atoms with Gasteiger partial charge in [0.2, 0.25) is 0 Å². The molecule has 0 radical (unpaired) electrons. The molecule has 0 aliphatic carbocycles. The van der Waals surface area contributed by atoms with Crippen molar-refractivity contribution in [2.24, 2.45) is 5.84 Å². The minimum atomic E-state index is -0.323. The summed E-state index contributed by atoms with van der Waals surface area (Å²) < 4.78 is 1.70. The van der Waals surface area contributed by atoms with Crippen LogP contribution in [0.25, 0.3) is 10.2 Å². The third kappa shape index (κ3) is 2.87. The maximum atomic E-state index is 12.3. The van der Waals surface area contributed by atoms with Crippen LogP contribution in [-0.2, 0) is 0 Å². The number of benzene rings is 1. The molecule has 21 heavy (non-hydrogen) atoms. The number of thiazole rings is 1. The summed E-state index contributed by atoms with van der Waals surface area (Å²) in [5, 5.41) is 3.29. The number of nitrogens with two attached hydrogens (primary N) is 1. The van der Waals surface area contributed by atoms with Crippen LogP contribution < -0.4 is 16.6 Å². The number of pyridine rings is 1. The normalized spacial score (nSPS) is 10.6. The fourth-order valence-electron chi connectivity index (χ4n) is 1.82. The number of halogens is 1. The smallest absolute Gasteiger partial charge is 0.261 e. The second-order valence-corrected chi connectivity index (χ2v) is 6.08. The molecule has 106 valence electrons. The molecule has 8 heteroatoms. The highest BCUT2D eigenvalue weighted by Gasteiger charge is 2.15. The van der Waals surface area contributed by atoms with E-state index in [9.17, 15) is 4.79 Å². The van der Waals surface area contributed by atoms with Gasteiger partial charge < -0.3 is 5.43 Å². The number of nitrogens with zero attached hydrogens (tertiary/aromatic N) is 2. The number of amides is 1. The first kappa shape index (κ1) is 13.9. The zero-order valence-electron chi connectivity index (χ0n) is 10.6. The summed E-state index contributed by atoms with van der Waals surface area (Å²) in [4.78, 5) is 20.7. The molecule has 0 atom stereocenters. The number of para-hydroxylation sites is 1. The lowest BCUT2D eigenvalue weighted by molar-refractivity contribution is 0.102. The molecule has 0 aliphatic rings. The number of hydrogen-bond acceptors (Lipinski definition) is 6. The maximum Gasteiger partial charge on any atom is 0.261 e. The summed E-state index contributed by atoms with van der Waals surface area (Å²) in [5.41, 5.74) is 3.59. The lowest BCUT2D eigenvalue weighted by Crippen LogP contribution is -2.18. The van der Waals surface area contributed by atoms with Crippen molar-refractivity contribution in [1.29, 1.82) is 0 Å². The molecule has 1 amide bonds. The number of nitrogen functional groups attached to an aromatic ring is 1. The van der Waals surface area contributed by atoms with E-state index in [1.54, 1.807) is 12.3 Å². The molecule has 0 saturated carbocycles. The van der Waals surface area contributed by atoms with Crippen LogP contribution in [0.15, 0.2) is 41.0 Å². The Labute approximate surface area is 132 Å². The molecular weight excluding hydrogens is 354 g/mol. The van der Waals surface area contributed by atoms with E-state index < -0.39 is 0 Å². The molecule has 0 spiro atoms. The van der Waals surface area contributed by atoms with Crippen LogP contribution in [-0.4, -0.2) is 15.9 Å². The quantitative estimate of drug-likeness (QED) is 0.491. The number of carbonyl (C=O) groups is 1. The molecule has 3 rings (SSSR count). The topological polar surface area (TPSA) is 92.9 Å². The molecule has 2 heterocycles. The zero-order chi connectivity index (χ0) is 14.8. The van der Waals surface area contributed by atoms with Crippen molar-refractivity contribution >= 4 is 54.3 Å². The molecule has 0 unspecified atom stereocenters. The van der Waals surface area contributed by atoms with Crippen LogP contribution in [0.3, 0.4) is 0 Å². The van der Waals surface area contributed by atoms with Crippen molar-refractivity contribution in [2.45, 2.75) is 0 Å². The van der Waals surface area contributed by atoms with E-state index in [1.165, 1.54) is 11.3 Å².